The number of aromatic amines is 1. The van der Waals surface area contributed by atoms with E-state index in [2.05, 4.69) is 15.2 Å². The van der Waals surface area contributed by atoms with E-state index >= 15 is 0 Å². The van der Waals surface area contributed by atoms with Gasteiger partial charge in [-0.2, -0.15) is 0 Å². The minimum atomic E-state index is -1.30. The summed E-state index contributed by atoms with van der Waals surface area (Å²) in [5.74, 6) is -2.21. The molecule has 5 atom stereocenters. The van der Waals surface area contributed by atoms with Crippen molar-refractivity contribution in [2.24, 2.45) is 0 Å². The maximum Gasteiger partial charge on any atom is 0.303 e. The Morgan fingerprint density at radius 1 is 0.818 bits per heavy atom. The van der Waals surface area contributed by atoms with Crippen LogP contribution in [0.15, 0.2) is 65.8 Å². The smallest absolute Gasteiger partial charge is 0.303 e. The lowest BCUT2D eigenvalue weighted by Crippen LogP contribution is -2.61. The normalized spacial score (nSPS) is 21.4. The fourth-order valence-corrected chi connectivity index (χ4v) is 6.05. The molecular weight excluding hydrogens is 592 g/mol. The van der Waals surface area contributed by atoms with Crippen LogP contribution in [-0.4, -0.2) is 80.1 Å². The average Bonchev–Trinajstić information content (AvgIpc) is 3.59. The number of esters is 4. The molecule has 13 nitrogen and oxygen atoms in total. The van der Waals surface area contributed by atoms with Gasteiger partial charge < -0.3 is 28.7 Å². The molecule has 14 heteroatoms. The number of fused-ring (bicyclic) bond motifs is 1. The first-order chi connectivity index (χ1) is 21.1. The van der Waals surface area contributed by atoms with Crippen LogP contribution in [0.4, 0.5) is 0 Å². The van der Waals surface area contributed by atoms with Crippen LogP contribution in [0, 0.1) is 0 Å². The lowest BCUT2D eigenvalue weighted by molar-refractivity contribution is -0.237. The van der Waals surface area contributed by atoms with E-state index in [1.807, 2.05) is 65.2 Å². The highest BCUT2D eigenvalue weighted by Gasteiger charge is 2.53. The van der Waals surface area contributed by atoms with E-state index in [-0.39, 0.29) is 6.61 Å². The second-order valence-electron chi connectivity index (χ2n) is 9.93. The molecule has 1 aliphatic heterocycles. The van der Waals surface area contributed by atoms with Gasteiger partial charge >= 0.3 is 23.9 Å². The van der Waals surface area contributed by atoms with Gasteiger partial charge in [-0.15, -0.1) is 10.2 Å². The molecule has 0 saturated carbocycles. The molecule has 0 spiro atoms. The van der Waals surface area contributed by atoms with Crippen LogP contribution < -0.4 is 0 Å². The van der Waals surface area contributed by atoms with E-state index in [1.54, 1.807) is 0 Å². The van der Waals surface area contributed by atoms with Crippen molar-refractivity contribution in [3.63, 3.8) is 0 Å². The number of thioether (sulfide) groups is 1. The number of hydrogen-bond donors (Lipinski definition) is 1. The van der Waals surface area contributed by atoms with Crippen molar-refractivity contribution in [3.05, 3.63) is 60.7 Å². The van der Waals surface area contributed by atoms with Gasteiger partial charge in [0.1, 0.15) is 12.7 Å². The van der Waals surface area contributed by atoms with Crippen LogP contribution >= 0.6 is 11.8 Å². The van der Waals surface area contributed by atoms with E-state index in [0.717, 1.165) is 28.4 Å². The summed E-state index contributed by atoms with van der Waals surface area (Å²) in [6.07, 6.45) is -4.89. The van der Waals surface area contributed by atoms with Crippen LogP contribution in [0.5, 0.6) is 0 Å². The number of carbonyl (C=O) groups is 4. The van der Waals surface area contributed by atoms with Crippen LogP contribution in [0.2, 0.25) is 0 Å². The van der Waals surface area contributed by atoms with Gasteiger partial charge in [0.05, 0.1) is 5.69 Å². The third-order valence-electron chi connectivity index (χ3n) is 6.59. The van der Waals surface area contributed by atoms with Crippen molar-refractivity contribution < 1.29 is 42.9 Å². The molecule has 44 heavy (non-hydrogen) atoms. The Morgan fingerprint density at radius 3 is 2.11 bits per heavy atom. The second kappa shape index (κ2) is 13.3. The molecular formula is C30H30N4O9S. The summed E-state index contributed by atoms with van der Waals surface area (Å²) in [4.78, 5) is 51.6. The molecule has 0 unspecified atom stereocenters. The molecule has 2 aromatic carbocycles. The van der Waals surface area contributed by atoms with Crippen molar-refractivity contribution in [2.75, 3.05) is 6.61 Å². The highest BCUT2D eigenvalue weighted by molar-refractivity contribution is 7.99. The predicted octanol–water partition coefficient (Wildman–Crippen LogP) is 3.59. The van der Waals surface area contributed by atoms with Gasteiger partial charge in [0, 0.05) is 44.3 Å². The van der Waals surface area contributed by atoms with Crippen LogP contribution in [0.25, 0.3) is 28.1 Å². The Hall–Kier alpha value is -4.69. The van der Waals surface area contributed by atoms with E-state index in [1.165, 1.54) is 27.7 Å². The summed E-state index contributed by atoms with van der Waals surface area (Å²) < 4.78 is 30.0. The summed E-state index contributed by atoms with van der Waals surface area (Å²) in [6.45, 7) is 4.42. The molecule has 3 heterocycles. The molecule has 2 aromatic heterocycles. The maximum absolute atomic E-state index is 12.3. The molecule has 0 amide bonds. The van der Waals surface area contributed by atoms with Crippen molar-refractivity contribution in [1.82, 2.24) is 19.7 Å². The van der Waals surface area contributed by atoms with Gasteiger partial charge in [-0.1, -0.05) is 36.4 Å². The number of benzene rings is 2. The zero-order valence-corrected chi connectivity index (χ0v) is 25.1. The van der Waals surface area contributed by atoms with Crippen LogP contribution in [0.3, 0.4) is 0 Å². The summed E-state index contributed by atoms with van der Waals surface area (Å²) in [5, 5.41) is 10.3. The van der Waals surface area contributed by atoms with Gasteiger partial charge in [-0.25, -0.2) is 0 Å². The molecule has 0 radical (unpaired) electrons. The highest BCUT2D eigenvalue weighted by Crippen LogP contribution is 2.39. The minimum Gasteiger partial charge on any atom is -0.463 e. The van der Waals surface area contributed by atoms with Gasteiger partial charge in [0.25, 0.3) is 0 Å². The first-order valence-corrected chi connectivity index (χ1v) is 14.5. The van der Waals surface area contributed by atoms with Crippen molar-refractivity contribution in [1.29, 1.82) is 0 Å². The predicted molar refractivity (Wildman–Crippen MR) is 156 cm³/mol. The Labute approximate surface area is 256 Å². The van der Waals surface area contributed by atoms with E-state index in [0.29, 0.717) is 16.7 Å². The highest BCUT2D eigenvalue weighted by atomic mass is 32.2. The summed E-state index contributed by atoms with van der Waals surface area (Å²) in [7, 11) is 0. The number of nitrogens with zero attached hydrogens (tertiary/aromatic N) is 3. The summed E-state index contributed by atoms with van der Waals surface area (Å²) >= 11 is 1.05. The second-order valence-corrected chi connectivity index (χ2v) is 11.0. The van der Waals surface area contributed by atoms with Gasteiger partial charge in [-0.3, -0.25) is 23.7 Å². The van der Waals surface area contributed by atoms with Crippen molar-refractivity contribution in [3.8, 4) is 17.2 Å². The topological polar surface area (TPSA) is 161 Å². The average molecular weight is 623 g/mol. The summed E-state index contributed by atoms with van der Waals surface area (Å²) in [6, 6.07) is 19.1. The lowest BCUT2D eigenvalue weighted by Gasteiger charge is -2.43. The summed E-state index contributed by atoms with van der Waals surface area (Å²) in [5.41, 5.74) is 1.28. The number of carbonyl (C=O) groups excluding carboxylic acids is 4. The molecule has 1 N–H and O–H groups in total. The number of rotatable bonds is 9. The molecule has 1 saturated heterocycles. The number of ether oxygens (including phenoxy) is 5. The van der Waals surface area contributed by atoms with Crippen molar-refractivity contribution >= 4 is 46.5 Å². The first kappa shape index (κ1) is 30.8. The molecule has 1 fully saturated rings. The van der Waals surface area contributed by atoms with E-state index in [9.17, 15) is 19.2 Å². The Morgan fingerprint density at radius 2 is 1.45 bits per heavy atom. The first-order valence-electron chi connectivity index (χ1n) is 13.7. The molecule has 4 aromatic rings. The number of para-hydroxylation sites is 2. The van der Waals surface area contributed by atoms with E-state index in [4.69, 9.17) is 23.7 Å². The lowest BCUT2D eigenvalue weighted by atomic mass is 9.99. The zero-order valence-electron chi connectivity index (χ0n) is 24.3. The number of nitrogens with one attached hydrogen (secondary N) is 1. The third kappa shape index (κ3) is 6.92. The third-order valence-corrected chi connectivity index (χ3v) is 7.68. The van der Waals surface area contributed by atoms with Crippen LogP contribution in [0.1, 0.15) is 27.7 Å². The van der Waals surface area contributed by atoms with Gasteiger partial charge in [-0.05, 0) is 36.0 Å². The van der Waals surface area contributed by atoms with Crippen LogP contribution in [-0.2, 0) is 42.9 Å². The fourth-order valence-electron chi connectivity index (χ4n) is 4.91. The quantitative estimate of drug-likeness (QED) is 0.214. The minimum absolute atomic E-state index is 0.333. The van der Waals surface area contributed by atoms with Gasteiger partial charge in [0.15, 0.2) is 34.7 Å². The fraction of sp³-hybridized carbons (Fsp3) is 0.333. The SMILES string of the molecule is CC(=O)OC[C@H]1O[C@@H](Sc2nnc(-c3cc4ccccc4[nH]3)n2-c2ccccc2)[C@H](OC(C)=O)[C@@H](OC(C)=O)[C@@H]1OC(C)=O. The Kier molecular flexibility index (Phi) is 9.30. The van der Waals surface area contributed by atoms with Crippen molar-refractivity contribution in [2.45, 2.75) is 62.7 Å². The Balaban J connectivity index is 1.59. The molecule has 0 bridgehead atoms. The number of hydrogen-bond acceptors (Lipinski definition) is 12. The number of H-pyrrole nitrogens is 1. The molecule has 230 valence electrons. The standard InChI is InChI=1S/C30H30N4O9S/c1-16(35)39-15-24-25(40-17(2)36)26(41-18(3)37)27(42-19(4)38)29(43-24)44-30-33-32-28(34(30)21-11-6-5-7-12-21)23-14-20-10-8-9-13-22(20)31-23/h5-14,24-27,29,31H,15H2,1-4H3/t24-,25-,26+,27-,29+/m1/s1. The maximum atomic E-state index is 12.3. The van der Waals surface area contributed by atoms with E-state index < -0.39 is 53.7 Å². The molecule has 0 aliphatic carbocycles. The zero-order chi connectivity index (χ0) is 31.4. The Bertz CT molecular complexity index is 1640. The molecule has 5 rings (SSSR count). The van der Waals surface area contributed by atoms with Gasteiger partial charge in [0.2, 0.25) is 0 Å². The largest absolute Gasteiger partial charge is 0.463 e. The monoisotopic (exact) mass is 622 g/mol. The number of aromatic nitrogens is 4. The molecule has 1 aliphatic rings.